The highest BCUT2D eigenvalue weighted by Crippen LogP contribution is 2.23. The number of carbonyl (C=O) groups is 1. The molecule has 0 radical (unpaired) electrons. The summed E-state index contributed by atoms with van der Waals surface area (Å²) in [7, 11) is 1.76. The molecule has 2 atom stereocenters. The lowest BCUT2D eigenvalue weighted by atomic mass is 9.91. The van der Waals surface area contributed by atoms with Gasteiger partial charge in [0.05, 0.1) is 0 Å². The van der Waals surface area contributed by atoms with Crippen LogP contribution in [-0.4, -0.2) is 44.1 Å². The molecule has 3 rings (SSSR count). The van der Waals surface area contributed by atoms with Crippen molar-refractivity contribution in [3.8, 4) is 5.75 Å². The van der Waals surface area contributed by atoms with Gasteiger partial charge >= 0.3 is 0 Å². The van der Waals surface area contributed by atoms with Gasteiger partial charge in [0.15, 0.2) is 5.82 Å². The van der Waals surface area contributed by atoms with Gasteiger partial charge in [-0.25, -0.2) is 4.68 Å². The summed E-state index contributed by atoms with van der Waals surface area (Å²) in [6.07, 6.45) is 1.18. The third-order valence-corrected chi connectivity index (χ3v) is 4.31. The first-order valence-electron chi connectivity index (χ1n) is 8.26. The minimum atomic E-state index is 0.0687. The second-order valence-electron chi connectivity index (χ2n) is 6.69. The van der Waals surface area contributed by atoms with Crippen LogP contribution in [0.3, 0.4) is 0 Å². The molecule has 7 heteroatoms. The van der Waals surface area contributed by atoms with Crippen LogP contribution in [0.5, 0.6) is 5.75 Å². The number of tetrazole rings is 1. The van der Waals surface area contributed by atoms with Crippen LogP contribution in [0, 0.1) is 11.8 Å². The first-order valence-corrected chi connectivity index (χ1v) is 8.26. The first kappa shape index (κ1) is 16.4. The van der Waals surface area contributed by atoms with Gasteiger partial charge in [-0.05, 0) is 46.9 Å². The number of aromatic nitrogens is 4. The third-order valence-electron chi connectivity index (χ3n) is 4.31. The van der Waals surface area contributed by atoms with E-state index in [1.807, 2.05) is 23.1 Å². The summed E-state index contributed by atoms with van der Waals surface area (Å²) in [6.45, 7) is 6.30. The Labute approximate surface area is 141 Å². The highest BCUT2D eigenvalue weighted by molar-refractivity contribution is 5.94. The van der Waals surface area contributed by atoms with Crippen LogP contribution in [-0.2, 0) is 13.7 Å². The Morgan fingerprint density at radius 1 is 1.29 bits per heavy atom. The van der Waals surface area contributed by atoms with Gasteiger partial charge in [0.1, 0.15) is 12.4 Å². The SMILES string of the molecule is C[C@@H]1C[C@H](C)CN(C(=O)c2cccc(OCc3nnnn3C)c2)C1. The van der Waals surface area contributed by atoms with Crippen LogP contribution in [0.15, 0.2) is 24.3 Å². The van der Waals surface area contributed by atoms with Crippen LogP contribution in [0.2, 0.25) is 0 Å². The first-order chi connectivity index (χ1) is 11.5. The molecule has 1 aromatic heterocycles. The lowest BCUT2D eigenvalue weighted by Crippen LogP contribution is -2.42. The fourth-order valence-corrected chi connectivity index (χ4v) is 3.25. The molecule has 0 N–H and O–H groups in total. The van der Waals surface area contributed by atoms with Crippen LogP contribution in [0.25, 0.3) is 0 Å². The van der Waals surface area contributed by atoms with Gasteiger partial charge in [-0.2, -0.15) is 0 Å². The molecule has 0 unspecified atom stereocenters. The van der Waals surface area contributed by atoms with Gasteiger partial charge in [-0.3, -0.25) is 4.79 Å². The maximum absolute atomic E-state index is 12.8. The number of hydrogen-bond donors (Lipinski definition) is 0. The molecular formula is C17H23N5O2. The second kappa shape index (κ2) is 6.98. The predicted molar refractivity (Wildman–Crippen MR) is 88.4 cm³/mol. The van der Waals surface area contributed by atoms with E-state index in [4.69, 9.17) is 4.74 Å². The highest BCUT2D eigenvalue weighted by atomic mass is 16.5. The van der Waals surface area contributed by atoms with E-state index in [0.29, 0.717) is 29.0 Å². The lowest BCUT2D eigenvalue weighted by molar-refractivity contribution is 0.0622. The van der Waals surface area contributed by atoms with Crippen molar-refractivity contribution in [1.82, 2.24) is 25.1 Å². The van der Waals surface area contributed by atoms with E-state index in [1.54, 1.807) is 17.8 Å². The van der Waals surface area contributed by atoms with E-state index in [1.165, 1.54) is 6.42 Å². The number of aryl methyl sites for hydroxylation is 1. The molecule has 1 fully saturated rings. The Bertz CT molecular complexity index is 705. The standard InChI is InChI=1S/C17H23N5O2/c1-12-7-13(2)10-22(9-12)17(23)14-5-4-6-15(8-14)24-11-16-18-19-20-21(16)3/h4-6,8,12-13H,7,9-11H2,1-3H3/t12-,13+. The van der Waals surface area contributed by atoms with Crippen molar-refractivity contribution in [2.75, 3.05) is 13.1 Å². The minimum Gasteiger partial charge on any atom is -0.486 e. The van der Waals surface area contributed by atoms with Gasteiger partial charge in [0.2, 0.25) is 0 Å². The molecule has 128 valence electrons. The molecule has 0 saturated carbocycles. The van der Waals surface area contributed by atoms with E-state index >= 15 is 0 Å². The molecule has 1 amide bonds. The summed E-state index contributed by atoms with van der Waals surface area (Å²) in [5, 5.41) is 11.2. The zero-order valence-corrected chi connectivity index (χ0v) is 14.3. The average Bonchev–Trinajstić information content (AvgIpc) is 2.97. The molecule has 0 aliphatic carbocycles. The summed E-state index contributed by atoms with van der Waals surface area (Å²) < 4.78 is 7.28. The summed E-state index contributed by atoms with van der Waals surface area (Å²) in [4.78, 5) is 14.7. The maximum atomic E-state index is 12.8. The molecule has 0 bridgehead atoms. The Morgan fingerprint density at radius 2 is 2.04 bits per heavy atom. The highest BCUT2D eigenvalue weighted by Gasteiger charge is 2.26. The summed E-state index contributed by atoms with van der Waals surface area (Å²) >= 11 is 0. The molecule has 1 aromatic carbocycles. The zero-order chi connectivity index (χ0) is 17.1. The number of piperidine rings is 1. The number of hydrogen-bond acceptors (Lipinski definition) is 5. The van der Waals surface area contributed by atoms with Crippen molar-refractivity contribution < 1.29 is 9.53 Å². The maximum Gasteiger partial charge on any atom is 0.254 e. The fourth-order valence-electron chi connectivity index (χ4n) is 3.25. The Balaban J connectivity index is 1.68. The fraction of sp³-hybridized carbons (Fsp3) is 0.529. The molecule has 1 aliphatic heterocycles. The zero-order valence-electron chi connectivity index (χ0n) is 14.3. The quantitative estimate of drug-likeness (QED) is 0.857. The van der Waals surface area contributed by atoms with E-state index in [2.05, 4.69) is 29.4 Å². The largest absolute Gasteiger partial charge is 0.486 e. The number of benzene rings is 1. The van der Waals surface area contributed by atoms with Crippen LogP contribution in [0.4, 0.5) is 0 Å². The van der Waals surface area contributed by atoms with Gasteiger partial charge < -0.3 is 9.64 Å². The number of amides is 1. The van der Waals surface area contributed by atoms with Gasteiger partial charge in [-0.15, -0.1) is 5.10 Å². The topological polar surface area (TPSA) is 73.1 Å². The van der Waals surface area contributed by atoms with Crippen LogP contribution in [0.1, 0.15) is 36.5 Å². The minimum absolute atomic E-state index is 0.0687. The summed E-state index contributed by atoms with van der Waals surface area (Å²) in [5.74, 6) is 2.42. The Morgan fingerprint density at radius 3 is 2.71 bits per heavy atom. The number of rotatable bonds is 4. The van der Waals surface area contributed by atoms with Crippen LogP contribution < -0.4 is 4.74 Å². The molecule has 7 nitrogen and oxygen atoms in total. The summed E-state index contributed by atoms with van der Waals surface area (Å²) in [6, 6.07) is 7.30. The van der Waals surface area contributed by atoms with E-state index < -0.39 is 0 Å². The second-order valence-corrected chi connectivity index (χ2v) is 6.69. The van der Waals surface area contributed by atoms with E-state index in [-0.39, 0.29) is 12.5 Å². The van der Waals surface area contributed by atoms with E-state index in [9.17, 15) is 4.79 Å². The molecule has 24 heavy (non-hydrogen) atoms. The normalized spacial score (nSPS) is 20.9. The van der Waals surface area contributed by atoms with Crippen LogP contribution >= 0.6 is 0 Å². The molecule has 1 saturated heterocycles. The van der Waals surface area contributed by atoms with Crippen molar-refractivity contribution in [1.29, 1.82) is 0 Å². The predicted octanol–water partition coefficient (Wildman–Crippen LogP) is 1.91. The molecule has 2 heterocycles. The monoisotopic (exact) mass is 329 g/mol. The molecule has 0 spiro atoms. The Kier molecular flexibility index (Phi) is 4.78. The van der Waals surface area contributed by atoms with Gasteiger partial charge in [0, 0.05) is 25.7 Å². The van der Waals surface area contributed by atoms with Crippen molar-refractivity contribution >= 4 is 5.91 Å². The van der Waals surface area contributed by atoms with Crippen molar-refractivity contribution in [3.05, 3.63) is 35.7 Å². The molecular weight excluding hydrogens is 306 g/mol. The average molecular weight is 329 g/mol. The number of carbonyl (C=O) groups excluding carboxylic acids is 1. The third kappa shape index (κ3) is 3.72. The van der Waals surface area contributed by atoms with Gasteiger partial charge in [-0.1, -0.05) is 19.9 Å². The molecule has 2 aromatic rings. The van der Waals surface area contributed by atoms with Gasteiger partial charge in [0.25, 0.3) is 5.91 Å². The lowest BCUT2D eigenvalue weighted by Gasteiger charge is -2.35. The number of ether oxygens (including phenoxy) is 1. The van der Waals surface area contributed by atoms with E-state index in [0.717, 1.165) is 13.1 Å². The summed E-state index contributed by atoms with van der Waals surface area (Å²) in [5.41, 5.74) is 0.657. The Hall–Kier alpha value is -2.44. The smallest absolute Gasteiger partial charge is 0.254 e. The number of likely N-dealkylation sites (tertiary alicyclic amines) is 1. The van der Waals surface area contributed by atoms with Crippen molar-refractivity contribution in [2.45, 2.75) is 26.9 Å². The van der Waals surface area contributed by atoms with Crippen molar-refractivity contribution in [2.24, 2.45) is 18.9 Å². The van der Waals surface area contributed by atoms with Crippen molar-refractivity contribution in [3.63, 3.8) is 0 Å². The number of nitrogens with zero attached hydrogens (tertiary/aromatic N) is 5. The molecule has 1 aliphatic rings.